The fourth-order valence-electron chi connectivity index (χ4n) is 0.950. The lowest BCUT2D eigenvalue weighted by Gasteiger charge is -2.31. The Balaban J connectivity index is 2.84. The van der Waals surface area contributed by atoms with Crippen molar-refractivity contribution >= 4 is 13.9 Å². The molecule has 1 aromatic heterocycles. The molecule has 0 aromatic carbocycles. The quantitative estimate of drug-likeness (QED) is 0.445. The van der Waals surface area contributed by atoms with Gasteiger partial charge in [-0.25, -0.2) is 0 Å². The van der Waals surface area contributed by atoms with E-state index in [1.165, 1.54) is 0 Å². The van der Waals surface area contributed by atoms with Crippen molar-refractivity contribution in [1.29, 1.82) is 0 Å². The highest BCUT2D eigenvalue weighted by molar-refractivity contribution is 6.79. The van der Waals surface area contributed by atoms with E-state index < -0.39 is 8.24 Å². The molecule has 1 rings (SSSR count). The molecular formula is C8H14N4O2Si. The highest BCUT2D eigenvalue weighted by Gasteiger charge is 2.21. The Kier molecular flexibility index (Phi) is 3.35. The second-order valence-corrected chi connectivity index (χ2v) is 9.13. The molecule has 0 unspecified atom stereocenters. The molecule has 0 aliphatic heterocycles. The Morgan fingerprint density at radius 2 is 1.87 bits per heavy atom. The molecule has 7 heteroatoms. The van der Waals surface area contributed by atoms with Gasteiger partial charge in [0, 0.05) is 0 Å². The lowest BCUT2D eigenvalue weighted by molar-refractivity contribution is 0.307. The van der Waals surface area contributed by atoms with Crippen LogP contribution in [0.15, 0.2) is 17.7 Å². The second kappa shape index (κ2) is 4.35. The molecule has 0 spiro atoms. The van der Waals surface area contributed by atoms with Crippen LogP contribution in [0.1, 0.15) is 0 Å². The Morgan fingerprint density at radius 3 is 2.27 bits per heavy atom. The molecule has 0 N–H and O–H groups in total. The Morgan fingerprint density at radius 1 is 1.33 bits per heavy atom. The van der Waals surface area contributed by atoms with Gasteiger partial charge in [0.05, 0.1) is 18.1 Å². The van der Waals surface area contributed by atoms with E-state index in [0.717, 1.165) is 5.69 Å². The molecule has 82 valence electrons. The van der Waals surface area contributed by atoms with Gasteiger partial charge in [-0.1, -0.05) is 19.6 Å². The molecular weight excluding hydrogens is 212 g/mol. The lowest BCUT2D eigenvalue weighted by Crippen LogP contribution is -2.43. The standard InChI is InChI=1S/C8H14N4O2Si/c1-12(15(2,3)4)7-5-9-8(10-6-7)14-11-13/h5-6H,1-4H3. The molecule has 0 amide bonds. The third kappa shape index (κ3) is 2.98. The Labute approximate surface area is 89.3 Å². The second-order valence-electron chi connectivity index (χ2n) is 4.12. The first kappa shape index (κ1) is 11.6. The summed E-state index contributed by atoms with van der Waals surface area (Å²) in [6.07, 6.45) is 3.23. The Bertz CT molecular complexity index is 335. The maximum absolute atomic E-state index is 9.80. The van der Waals surface area contributed by atoms with Crippen LogP contribution < -0.4 is 9.40 Å². The normalized spacial score (nSPS) is 10.9. The van der Waals surface area contributed by atoms with Gasteiger partial charge < -0.3 is 4.57 Å². The van der Waals surface area contributed by atoms with Crippen molar-refractivity contribution in [3.05, 3.63) is 17.3 Å². The van der Waals surface area contributed by atoms with Crippen LogP contribution >= 0.6 is 0 Å². The van der Waals surface area contributed by atoms with E-state index in [1.54, 1.807) is 12.4 Å². The van der Waals surface area contributed by atoms with Crippen molar-refractivity contribution in [1.82, 2.24) is 9.97 Å². The van der Waals surface area contributed by atoms with Gasteiger partial charge in [0.25, 0.3) is 0 Å². The molecule has 1 heterocycles. The minimum absolute atomic E-state index is 0.0299. The predicted octanol–water partition coefficient (Wildman–Crippen LogP) is 1.81. The third-order valence-corrected chi connectivity index (χ3v) is 4.40. The highest BCUT2D eigenvalue weighted by Crippen LogP contribution is 2.18. The first-order chi connectivity index (χ1) is 6.95. The maximum atomic E-state index is 9.80. The smallest absolute Gasteiger partial charge is 0.349 e. The van der Waals surface area contributed by atoms with E-state index in [2.05, 4.69) is 44.4 Å². The summed E-state index contributed by atoms with van der Waals surface area (Å²) >= 11 is 0. The molecule has 0 saturated heterocycles. The average molecular weight is 226 g/mol. The van der Waals surface area contributed by atoms with Gasteiger partial charge in [-0.3, -0.25) is 4.84 Å². The van der Waals surface area contributed by atoms with Crippen molar-refractivity contribution in [3.63, 3.8) is 0 Å². The van der Waals surface area contributed by atoms with Gasteiger partial charge in [-0.15, -0.1) is 4.91 Å². The van der Waals surface area contributed by atoms with Crippen molar-refractivity contribution in [2.75, 3.05) is 11.6 Å². The SMILES string of the molecule is CN(c1cnc(ON=O)nc1)[Si](C)(C)C. The van der Waals surface area contributed by atoms with Crippen LogP contribution in [-0.2, 0) is 0 Å². The van der Waals surface area contributed by atoms with Crippen LogP contribution in [0.2, 0.25) is 19.6 Å². The minimum atomic E-state index is -1.41. The van der Waals surface area contributed by atoms with Crippen molar-refractivity contribution in [2.24, 2.45) is 5.34 Å². The topological polar surface area (TPSA) is 67.7 Å². The molecule has 0 aliphatic rings. The summed E-state index contributed by atoms with van der Waals surface area (Å²) in [6, 6.07) is -0.0299. The third-order valence-electron chi connectivity index (χ3n) is 2.13. The first-order valence-corrected chi connectivity index (χ1v) is 7.95. The fraction of sp³-hybridized carbons (Fsp3) is 0.500. The zero-order valence-corrected chi connectivity index (χ0v) is 10.3. The van der Waals surface area contributed by atoms with Crippen LogP contribution in [0, 0.1) is 4.91 Å². The monoisotopic (exact) mass is 226 g/mol. The summed E-state index contributed by atoms with van der Waals surface area (Å²) in [7, 11) is 0.593. The van der Waals surface area contributed by atoms with E-state index in [1.807, 2.05) is 7.05 Å². The highest BCUT2D eigenvalue weighted by atomic mass is 28.3. The molecule has 0 bridgehead atoms. The minimum Gasteiger partial charge on any atom is -0.398 e. The molecule has 0 aliphatic carbocycles. The number of anilines is 1. The maximum Gasteiger partial charge on any atom is 0.349 e. The largest absolute Gasteiger partial charge is 0.398 e. The van der Waals surface area contributed by atoms with Crippen LogP contribution in [0.5, 0.6) is 6.01 Å². The van der Waals surface area contributed by atoms with Gasteiger partial charge in [-0.05, 0) is 7.05 Å². The fourth-order valence-corrected chi connectivity index (χ4v) is 1.84. The molecule has 0 atom stereocenters. The molecule has 15 heavy (non-hydrogen) atoms. The number of nitrogens with zero attached hydrogens (tertiary/aromatic N) is 4. The molecule has 0 fully saturated rings. The van der Waals surface area contributed by atoms with Crippen molar-refractivity contribution in [3.8, 4) is 6.01 Å². The molecule has 1 aromatic rings. The van der Waals surface area contributed by atoms with Gasteiger partial charge in [-0.2, -0.15) is 9.97 Å². The number of hydrogen-bond acceptors (Lipinski definition) is 6. The summed E-state index contributed by atoms with van der Waals surface area (Å²) < 4.78 is 2.16. The van der Waals surface area contributed by atoms with E-state index >= 15 is 0 Å². The zero-order valence-electron chi connectivity index (χ0n) is 9.26. The van der Waals surface area contributed by atoms with Gasteiger partial charge in [0.2, 0.25) is 0 Å². The molecule has 0 radical (unpaired) electrons. The average Bonchev–Trinajstić information content (AvgIpc) is 2.17. The van der Waals surface area contributed by atoms with Crippen LogP contribution in [0.3, 0.4) is 0 Å². The zero-order chi connectivity index (χ0) is 11.5. The van der Waals surface area contributed by atoms with Gasteiger partial charge >= 0.3 is 6.01 Å². The van der Waals surface area contributed by atoms with Gasteiger partial charge in [0.1, 0.15) is 8.24 Å². The summed E-state index contributed by atoms with van der Waals surface area (Å²) in [5.41, 5.74) is 0.910. The van der Waals surface area contributed by atoms with Crippen molar-refractivity contribution < 1.29 is 4.84 Å². The van der Waals surface area contributed by atoms with E-state index in [0.29, 0.717) is 0 Å². The van der Waals surface area contributed by atoms with E-state index in [9.17, 15) is 4.91 Å². The van der Waals surface area contributed by atoms with Crippen molar-refractivity contribution in [2.45, 2.75) is 19.6 Å². The summed E-state index contributed by atoms with van der Waals surface area (Å²) in [5.74, 6) is 0. The number of rotatable bonds is 4. The van der Waals surface area contributed by atoms with Crippen LogP contribution in [0.4, 0.5) is 5.69 Å². The predicted molar refractivity (Wildman–Crippen MR) is 60.2 cm³/mol. The lowest BCUT2D eigenvalue weighted by atomic mass is 10.5. The van der Waals surface area contributed by atoms with Gasteiger partial charge in [0.15, 0.2) is 5.34 Å². The molecule has 0 saturated carbocycles. The summed E-state index contributed by atoms with van der Waals surface area (Å²) in [5, 5.41) is 2.25. The Hall–Kier alpha value is -1.50. The van der Waals surface area contributed by atoms with E-state index in [4.69, 9.17) is 0 Å². The number of hydrogen-bond donors (Lipinski definition) is 0. The van der Waals surface area contributed by atoms with Crippen LogP contribution in [0.25, 0.3) is 0 Å². The summed E-state index contributed by atoms with van der Waals surface area (Å²) in [6.45, 7) is 6.64. The van der Waals surface area contributed by atoms with Crippen LogP contribution in [-0.4, -0.2) is 25.3 Å². The molecule has 6 nitrogen and oxygen atoms in total. The van der Waals surface area contributed by atoms with E-state index in [-0.39, 0.29) is 6.01 Å². The number of aromatic nitrogens is 2. The first-order valence-electron chi connectivity index (χ1n) is 4.50. The summed E-state index contributed by atoms with van der Waals surface area (Å²) in [4.78, 5) is 21.8.